The molecule has 2 amide bonds. The summed E-state index contributed by atoms with van der Waals surface area (Å²) >= 11 is 0. The molecule has 18 heavy (non-hydrogen) atoms. The second-order valence-electron chi connectivity index (χ2n) is 5.29. The van der Waals surface area contributed by atoms with Gasteiger partial charge in [0.05, 0.1) is 6.54 Å². The first-order valence-electron chi connectivity index (χ1n) is 5.85. The third-order valence-corrected chi connectivity index (χ3v) is 2.49. The number of nitrogens with zero attached hydrogens (tertiary/aromatic N) is 1. The lowest BCUT2D eigenvalue weighted by molar-refractivity contribution is -0.156. The molecule has 0 aromatic carbocycles. The van der Waals surface area contributed by atoms with E-state index in [2.05, 4.69) is 5.32 Å². The van der Waals surface area contributed by atoms with Gasteiger partial charge < -0.3 is 15.3 Å². The van der Waals surface area contributed by atoms with Gasteiger partial charge in [-0.3, -0.25) is 14.4 Å². The molecule has 0 bridgehead atoms. The molecule has 0 aromatic rings. The van der Waals surface area contributed by atoms with E-state index >= 15 is 0 Å². The van der Waals surface area contributed by atoms with E-state index in [0.29, 0.717) is 6.54 Å². The fraction of sp³-hybridized carbons (Fsp3) is 0.750. The van der Waals surface area contributed by atoms with Gasteiger partial charge in [-0.25, -0.2) is 0 Å². The molecule has 0 radical (unpaired) electrons. The van der Waals surface area contributed by atoms with E-state index in [1.165, 1.54) is 7.05 Å². The molecule has 0 aliphatic rings. The van der Waals surface area contributed by atoms with Crippen LogP contribution in [0.1, 0.15) is 27.7 Å². The van der Waals surface area contributed by atoms with Gasteiger partial charge in [0.25, 0.3) is 0 Å². The quantitative estimate of drug-likeness (QED) is 0.696. The van der Waals surface area contributed by atoms with Crippen molar-refractivity contribution in [3.8, 4) is 0 Å². The van der Waals surface area contributed by atoms with E-state index in [9.17, 15) is 14.4 Å². The largest absolute Gasteiger partial charge is 0.481 e. The van der Waals surface area contributed by atoms with E-state index in [0.717, 1.165) is 4.90 Å². The summed E-state index contributed by atoms with van der Waals surface area (Å²) in [4.78, 5) is 35.7. The van der Waals surface area contributed by atoms with E-state index in [1.54, 1.807) is 27.7 Å². The third-order valence-electron chi connectivity index (χ3n) is 2.49. The second-order valence-corrected chi connectivity index (χ2v) is 5.29. The van der Waals surface area contributed by atoms with Crippen LogP contribution in [0.5, 0.6) is 0 Å². The van der Waals surface area contributed by atoms with Crippen molar-refractivity contribution in [2.75, 3.05) is 20.1 Å². The number of amides is 2. The lowest BCUT2D eigenvalue weighted by atomic mass is 9.80. The van der Waals surface area contributed by atoms with Crippen molar-refractivity contribution >= 4 is 17.8 Å². The minimum atomic E-state index is -1.17. The summed E-state index contributed by atoms with van der Waals surface area (Å²) in [6.07, 6.45) is 0. The molecule has 0 aliphatic heterocycles. The Kier molecular flexibility index (Phi) is 5.81. The molecule has 104 valence electrons. The molecule has 6 nitrogen and oxygen atoms in total. The Morgan fingerprint density at radius 1 is 1.28 bits per heavy atom. The van der Waals surface area contributed by atoms with E-state index < -0.39 is 23.2 Å². The van der Waals surface area contributed by atoms with Crippen molar-refractivity contribution in [3.05, 3.63) is 0 Å². The molecular weight excluding hydrogens is 236 g/mol. The van der Waals surface area contributed by atoms with Gasteiger partial charge in [0.15, 0.2) is 0 Å². The molecule has 6 heteroatoms. The predicted molar refractivity (Wildman–Crippen MR) is 66.9 cm³/mol. The minimum absolute atomic E-state index is 0.132. The van der Waals surface area contributed by atoms with Gasteiger partial charge in [-0.1, -0.05) is 20.8 Å². The minimum Gasteiger partial charge on any atom is -0.481 e. The molecular formula is C12H22N2O4. The molecule has 0 spiro atoms. The number of carbonyl (C=O) groups is 3. The highest BCUT2D eigenvalue weighted by Crippen LogP contribution is 2.27. The third kappa shape index (κ3) is 4.73. The van der Waals surface area contributed by atoms with Gasteiger partial charge in [0, 0.05) is 13.6 Å². The number of carboxylic acids is 1. The van der Waals surface area contributed by atoms with Crippen molar-refractivity contribution < 1.29 is 19.5 Å². The highest BCUT2D eigenvalue weighted by atomic mass is 16.4. The molecule has 0 aliphatic carbocycles. The summed E-state index contributed by atoms with van der Waals surface area (Å²) in [6, 6.07) is 0. The Hall–Kier alpha value is -1.59. The Morgan fingerprint density at radius 2 is 1.78 bits per heavy atom. The molecule has 1 unspecified atom stereocenters. The summed E-state index contributed by atoms with van der Waals surface area (Å²) in [6.45, 7) is 7.17. The van der Waals surface area contributed by atoms with Crippen molar-refractivity contribution in [1.29, 1.82) is 0 Å². The molecule has 0 saturated heterocycles. The Balaban J connectivity index is 4.79. The van der Waals surface area contributed by atoms with Gasteiger partial charge in [-0.2, -0.15) is 0 Å². The van der Waals surface area contributed by atoms with Crippen LogP contribution in [0.2, 0.25) is 0 Å². The molecule has 0 heterocycles. The van der Waals surface area contributed by atoms with Crippen LogP contribution in [-0.2, 0) is 14.4 Å². The topological polar surface area (TPSA) is 86.7 Å². The van der Waals surface area contributed by atoms with Gasteiger partial charge >= 0.3 is 5.97 Å². The average Bonchev–Trinajstić information content (AvgIpc) is 2.14. The number of nitrogens with one attached hydrogen (secondary N) is 1. The first-order chi connectivity index (χ1) is 8.11. The van der Waals surface area contributed by atoms with Crippen molar-refractivity contribution in [1.82, 2.24) is 10.2 Å². The second kappa shape index (κ2) is 6.37. The smallest absolute Gasteiger partial charge is 0.316 e. The SMILES string of the molecule is CCNC(=O)CN(C)C(=O)C(C(=O)O)C(C)(C)C. The summed E-state index contributed by atoms with van der Waals surface area (Å²) in [5, 5.41) is 11.7. The van der Waals surface area contributed by atoms with Gasteiger partial charge in [0.1, 0.15) is 5.92 Å². The Morgan fingerprint density at radius 3 is 2.11 bits per heavy atom. The van der Waals surface area contributed by atoms with Crippen LogP contribution in [0, 0.1) is 11.3 Å². The zero-order valence-corrected chi connectivity index (χ0v) is 11.6. The number of carboxylic acid groups (broad SMARTS) is 1. The summed E-state index contributed by atoms with van der Waals surface area (Å²) < 4.78 is 0. The molecule has 0 rings (SSSR count). The number of hydrogen-bond acceptors (Lipinski definition) is 3. The number of rotatable bonds is 5. The van der Waals surface area contributed by atoms with Gasteiger partial charge in [0.2, 0.25) is 11.8 Å². The maximum atomic E-state index is 12.0. The van der Waals surface area contributed by atoms with Crippen LogP contribution in [-0.4, -0.2) is 47.9 Å². The zero-order valence-electron chi connectivity index (χ0n) is 11.6. The number of hydrogen-bond donors (Lipinski definition) is 2. The van der Waals surface area contributed by atoms with E-state index in [1.807, 2.05) is 0 Å². The van der Waals surface area contributed by atoms with Crippen LogP contribution < -0.4 is 5.32 Å². The Bertz CT molecular complexity index is 333. The first-order valence-corrected chi connectivity index (χ1v) is 5.85. The molecule has 2 N–H and O–H groups in total. The highest BCUT2D eigenvalue weighted by molar-refractivity contribution is 5.98. The Labute approximate surface area is 107 Å². The maximum Gasteiger partial charge on any atom is 0.316 e. The normalized spacial score (nSPS) is 12.7. The number of likely N-dealkylation sites (N-methyl/N-ethyl adjacent to an activating group) is 2. The van der Waals surface area contributed by atoms with Crippen molar-refractivity contribution in [2.45, 2.75) is 27.7 Å². The van der Waals surface area contributed by atoms with E-state index in [-0.39, 0.29) is 12.5 Å². The van der Waals surface area contributed by atoms with Crippen LogP contribution in [0.25, 0.3) is 0 Å². The molecule has 0 fully saturated rings. The number of aliphatic carboxylic acids is 1. The molecule has 0 saturated carbocycles. The monoisotopic (exact) mass is 258 g/mol. The van der Waals surface area contributed by atoms with Gasteiger partial charge in [-0.15, -0.1) is 0 Å². The lowest BCUT2D eigenvalue weighted by Crippen LogP contribution is -2.46. The number of carbonyl (C=O) groups excluding carboxylic acids is 2. The van der Waals surface area contributed by atoms with Crippen molar-refractivity contribution in [2.24, 2.45) is 11.3 Å². The summed E-state index contributed by atoms with van der Waals surface area (Å²) in [5.41, 5.74) is -0.696. The van der Waals surface area contributed by atoms with Crippen LogP contribution in [0.15, 0.2) is 0 Å². The van der Waals surface area contributed by atoms with Crippen molar-refractivity contribution in [3.63, 3.8) is 0 Å². The van der Waals surface area contributed by atoms with Crippen LogP contribution >= 0.6 is 0 Å². The predicted octanol–water partition coefficient (Wildman–Crippen LogP) is 0.328. The fourth-order valence-electron chi connectivity index (χ4n) is 1.61. The summed E-state index contributed by atoms with van der Waals surface area (Å²) in [5.74, 6) is -3.18. The van der Waals surface area contributed by atoms with Crippen LogP contribution in [0.4, 0.5) is 0 Å². The lowest BCUT2D eigenvalue weighted by Gasteiger charge is -2.29. The van der Waals surface area contributed by atoms with E-state index in [4.69, 9.17) is 5.11 Å². The fourth-order valence-corrected chi connectivity index (χ4v) is 1.61. The zero-order chi connectivity index (χ0) is 14.5. The average molecular weight is 258 g/mol. The van der Waals surface area contributed by atoms with Gasteiger partial charge in [-0.05, 0) is 12.3 Å². The highest BCUT2D eigenvalue weighted by Gasteiger charge is 2.39. The maximum absolute atomic E-state index is 12.0. The first kappa shape index (κ1) is 16.4. The summed E-state index contributed by atoms with van der Waals surface area (Å²) in [7, 11) is 1.43. The van der Waals surface area contributed by atoms with Crippen LogP contribution in [0.3, 0.4) is 0 Å². The standard InChI is InChI=1S/C12H22N2O4/c1-6-13-8(15)7-14(5)10(16)9(11(17)18)12(2,3)4/h9H,6-7H2,1-5H3,(H,13,15)(H,17,18). The molecule has 1 atom stereocenters. The molecule has 0 aromatic heterocycles.